The molecule has 0 bridgehead atoms. The molecule has 0 amide bonds. The number of hydrogen-bond acceptors (Lipinski definition) is 11. The van der Waals surface area contributed by atoms with Crippen LogP contribution in [0.15, 0.2) is 58.3 Å². The van der Waals surface area contributed by atoms with Gasteiger partial charge < -0.3 is 14.6 Å². The van der Waals surface area contributed by atoms with E-state index in [-0.39, 0.29) is 15.5 Å². The lowest BCUT2D eigenvalue weighted by molar-refractivity contribution is 0.412. The second kappa shape index (κ2) is 11.1. The number of ether oxygens (including phenoxy) is 2. The zero-order valence-electron chi connectivity index (χ0n) is 24.0. The summed E-state index contributed by atoms with van der Waals surface area (Å²) in [4.78, 5) is 17.3. The Bertz CT molecular complexity index is 2360. The van der Waals surface area contributed by atoms with E-state index >= 15 is 0 Å². The summed E-state index contributed by atoms with van der Waals surface area (Å²) in [5.74, 6) is 0.920. The molecule has 44 heavy (non-hydrogen) atoms. The third-order valence-corrected chi connectivity index (χ3v) is 8.72. The smallest absolute Gasteiger partial charge is 0.294 e. The molecule has 15 heteroatoms. The Hall–Kier alpha value is -4.70. The number of methoxy groups -OCH3 is 2. The van der Waals surface area contributed by atoms with Gasteiger partial charge in [0.2, 0.25) is 0 Å². The highest BCUT2D eigenvalue weighted by atomic mass is 32.2. The standard InChI is InChI=1S/C15H14N2O4S.C14H12N2O5S/c1-8-4-12-15(13(5-8)21-3)17-10-6-9(2)14(22(18,19)20)7-11(10)16-12;1-7-3-9-10(6-13(7)22(18,19)20)16-14-11(15-9)4-8(17)5-12(14)21-2/h4-7H,1-3H3,(H,18,19,20);3-6,17H,1-2H3,(H,18,19,20). The fraction of sp³-hybridized carbons (Fsp3) is 0.172. The number of phenols is 1. The van der Waals surface area contributed by atoms with Crippen LogP contribution in [0.5, 0.6) is 17.2 Å². The first-order valence-electron chi connectivity index (χ1n) is 12.8. The molecule has 0 fully saturated rings. The second-order valence-corrected chi connectivity index (χ2v) is 12.7. The van der Waals surface area contributed by atoms with E-state index < -0.39 is 20.2 Å². The van der Waals surface area contributed by atoms with Crippen LogP contribution in [-0.4, -0.2) is 65.2 Å². The monoisotopic (exact) mass is 638 g/mol. The largest absolute Gasteiger partial charge is 0.508 e. The number of fused-ring (bicyclic) bond motifs is 4. The minimum Gasteiger partial charge on any atom is -0.508 e. The Labute approximate surface area is 251 Å². The summed E-state index contributed by atoms with van der Waals surface area (Å²) in [6, 6.07) is 12.2. The van der Waals surface area contributed by atoms with E-state index in [2.05, 4.69) is 19.9 Å². The van der Waals surface area contributed by atoms with Crippen molar-refractivity contribution in [1.29, 1.82) is 0 Å². The molecule has 0 aliphatic carbocycles. The van der Waals surface area contributed by atoms with E-state index in [1.165, 1.54) is 37.4 Å². The Morgan fingerprint density at radius 2 is 0.955 bits per heavy atom. The molecular formula is C29H26N4O9S2. The Kier molecular flexibility index (Phi) is 7.75. The van der Waals surface area contributed by atoms with Crippen molar-refractivity contribution in [1.82, 2.24) is 19.9 Å². The fourth-order valence-electron chi connectivity index (χ4n) is 4.75. The molecule has 13 nitrogen and oxygen atoms in total. The molecule has 228 valence electrons. The number of benzene rings is 4. The van der Waals surface area contributed by atoms with Gasteiger partial charge in [-0.2, -0.15) is 16.8 Å². The van der Waals surface area contributed by atoms with Crippen molar-refractivity contribution < 1.29 is 40.5 Å². The van der Waals surface area contributed by atoms with Crippen LogP contribution >= 0.6 is 0 Å². The van der Waals surface area contributed by atoms with Crippen LogP contribution in [0.1, 0.15) is 16.7 Å². The highest BCUT2D eigenvalue weighted by Crippen LogP contribution is 2.31. The summed E-state index contributed by atoms with van der Waals surface area (Å²) in [6.45, 7) is 5.06. The molecule has 2 aromatic heterocycles. The predicted octanol–water partition coefficient (Wildman–Crippen LogP) is 4.71. The van der Waals surface area contributed by atoms with E-state index in [9.17, 15) is 31.0 Å². The van der Waals surface area contributed by atoms with E-state index in [1.54, 1.807) is 27.0 Å². The van der Waals surface area contributed by atoms with E-state index in [1.807, 2.05) is 19.1 Å². The predicted molar refractivity (Wildman–Crippen MR) is 163 cm³/mol. The van der Waals surface area contributed by atoms with Gasteiger partial charge in [0.15, 0.2) is 0 Å². The maximum absolute atomic E-state index is 11.4. The lowest BCUT2D eigenvalue weighted by atomic mass is 10.1. The summed E-state index contributed by atoms with van der Waals surface area (Å²) < 4.78 is 74.6. The van der Waals surface area contributed by atoms with Gasteiger partial charge in [-0.15, -0.1) is 0 Å². The maximum Gasteiger partial charge on any atom is 0.294 e. The Balaban J connectivity index is 0.000000175. The Morgan fingerprint density at radius 3 is 1.43 bits per heavy atom. The van der Waals surface area contributed by atoms with Gasteiger partial charge in [-0.25, -0.2) is 19.9 Å². The highest BCUT2D eigenvalue weighted by Gasteiger charge is 2.18. The third kappa shape index (κ3) is 5.90. The van der Waals surface area contributed by atoms with Crippen LogP contribution in [0, 0.1) is 20.8 Å². The van der Waals surface area contributed by atoms with Gasteiger partial charge in [0, 0.05) is 12.1 Å². The van der Waals surface area contributed by atoms with E-state index in [4.69, 9.17) is 9.47 Å². The van der Waals surface area contributed by atoms with Crippen LogP contribution in [0.3, 0.4) is 0 Å². The van der Waals surface area contributed by atoms with Gasteiger partial charge in [-0.1, -0.05) is 0 Å². The van der Waals surface area contributed by atoms with Crippen molar-refractivity contribution in [2.45, 2.75) is 30.6 Å². The lowest BCUT2D eigenvalue weighted by Gasteiger charge is -2.09. The van der Waals surface area contributed by atoms with Gasteiger partial charge in [-0.3, -0.25) is 9.11 Å². The molecule has 0 spiro atoms. The topological polar surface area (TPSA) is 199 Å². The summed E-state index contributed by atoms with van der Waals surface area (Å²) in [7, 11) is -5.64. The molecule has 3 N–H and O–H groups in total. The number of aromatic hydroxyl groups is 1. The average Bonchev–Trinajstić information content (AvgIpc) is 2.93. The Morgan fingerprint density at radius 1 is 0.545 bits per heavy atom. The van der Waals surface area contributed by atoms with Crippen LogP contribution < -0.4 is 9.47 Å². The number of aromatic nitrogens is 4. The summed E-state index contributed by atoms with van der Waals surface area (Å²) >= 11 is 0. The van der Waals surface area contributed by atoms with Crippen molar-refractivity contribution in [3.05, 3.63) is 65.2 Å². The number of hydrogen-bond donors (Lipinski definition) is 3. The number of rotatable bonds is 4. The first kappa shape index (κ1) is 30.7. The first-order chi connectivity index (χ1) is 20.6. The molecule has 0 saturated heterocycles. The van der Waals surface area contributed by atoms with Crippen molar-refractivity contribution in [2.75, 3.05) is 14.2 Å². The SMILES string of the molecule is COc1cc(C)cc2nc3cc(S(=O)(=O)O)c(C)cc3nc12.COc1cc(O)cc2nc3cc(C)c(S(=O)(=O)O)cc3nc12. The van der Waals surface area contributed by atoms with E-state index in [0.717, 1.165) is 5.56 Å². The molecule has 0 radical (unpaired) electrons. The summed E-state index contributed by atoms with van der Waals surface area (Å²) in [5.41, 5.74) is 5.44. The molecule has 0 aliphatic rings. The van der Waals surface area contributed by atoms with Crippen LogP contribution in [0.4, 0.5) is 0 Å². The van der Waals surface area contributed by atoms with Gasteiger partial charge in [0.25, 0.3) is 20.2 Å². The molecule has 4 aromatic carbocycles. The summed E-state index contributed by atoms with van der Waals surface area (Å²) in [6.07, 6.45) is 0. The molecule has 2 heterocycles. The lowest BCUT2D eigenvalue weighted by Crippen LogP contribution is -2.02. The number of phenolic OH excluding ortho intramolecular Hbond substituents is 1. The van der Waals surface area contributed by atoms with Gasteiger partial charge in [-0.05, 0) is 73.9 Å². The van der Waals surface area contributed by atoms with Crippen molar-refractivity contribution in [3.8, 4) is 17.2 Å². The highest BCUT2D eigenvalue weighted by molar-refractivity contribution is 7.86. The van der Waals surface area contributed by atoms with E-state index in [0.29, 0.717) is 66.8 Å². The normalized spacial score (nSPS) is 12.0. The van der Waals surface area contributed by atoms with Crippen molar-refractivity contribution >= 4 is 64.4 Å². The maximum atomic E-state index is 11.4. The van der Waals surface area contributed by atoms with Crippen LogP contribution in [0.2, 0.25) is 0 Å². The zero-order valence-corrected chi connectivity index (χ0v) is 25.6. The quantitative estimate of drug-likeness (QED) is 0.177. The number of nitrogens with zero attached hydrogens (tertiary/aromatic N) is 4. The first-order valence-corrected chi connectivity index (χ1v) is 15.7. The van der Waals surface area contributed by atoms with Gasteiger partial charge >= 0.3 is 0 Å². The molecule has 0 aliphatic heterocycles. The second-order valence-electron chi connectivity index (χ2n) is 9.96. The fourth-order valence-corrected chi connectivity index (χ4v) is 6.20. The molecule has 6 rings (SSSR count). The average molecular weight is 639 g/mol. The van der Waals surface area contributed by atoms with Gasteiger partial charge in [0.05, 0.1) is 57.1 Å². The molecule has 6 aromatic rings. The minimum absolute atomic E-state index is 0.00993. The third-order valence-electron chi connectivity index (χ3n) is 6.72. The number of aryl methyl sites for hydroxylation is 3. The summed E-state index contributed by atoms with van der Waals surface area (Å²) in [5, 5.41) is 9.66. The van der Waals surface area contributed by atoms with Crippen molar-refractivity contribution in [3.63, 3.8) is 0 Å². The molecule has 0 atom stereocenters. The van der Waals surface area contributed by atoms with Crippen LogP contribution in [-0.2, 0) is 20.2 Å². The minimum atomic E-state index is -4.34. The molecular weight excluding hydrogens is 612 g/mol. The van der Waals surface area contributed by atoms with Gasteiger partial charge in [0.1, 0.15) is 28.3 Å². The zero-order chi connectivity index (χ0) is 32.1. The molecule has 0 unspecified atom stereocenters. The van der Waals surface area contributed by atoms with Crippen molar-refractivity contribution in [2.24, 2.45) is 0 Å². The van der Waals surface area contributed by atoms with Crippen LogP contribution in [0.25, 0.3) is 44.1 Å². The molecule has 0 saturated carbocycles.